The van der Waals surface area contributed by atoms with E-state index in [1.54, 1.807) is 6.07 Å². The normalized spacial score (nSPS) is 13.2. The van der Waals surface area contributed by atoms with E-state index >= 15 is 0 Å². The predicted octanol–water partition coefficient (Wildman–Crippen LogP) is 0.655. The van der Waals surface area contributed by atoms with E-state index in [-0.39, 0.29) is 5.03 Å². The van der Waals surface area contributed by atoms with Crippen LogP contribution in [0.15, 0.2) is 46.9 Å². The second-order valence-electron chi connectivity index (χ2n) is 4.01. The molecule has 0 spiro atoms. The third kappa shape index (κ3) is 3.97. The summed E-state index contributed by atoms with van der Waals surface area (Å²) >= 11 is 0. The van der Waals surface area contributed by atoms with Crippen molar-refractivity contribution in [2.45, 2.75) is 10.9 Å². The molecule has 0 aliphatic heterocycles. The van der Waals surface area contributed by atoms with Crippen molar-refractivity contribution in [3.63, 3.8) is 0 Å². The highest BCUT2D eigenvalue weighted by Crippen LogP contribution is 2.14. The Morgan fingerprint density at radius 2 is 2.00 bits per heavy atom. The zero-order valence-electron chi connectivity index (χ0n) is 10.8. The SMILES string of the molecule is N=CC(C=Nc1cncnc1)c1cccc(S(N)(=O)=O)n1. The zero-order chi connectivity index (χ0) is 15.3. The fourth-order valence-corrected chi connectivity index (χ4v) is 2.00. The highest BCUT2D eigenvalue weighted by Gasteiger charge is 2.13. The van der Waals surface area contributed by atoms with Gasteiger partial charge in [0.1, 0.15) is 6.33 Å². The van der Waals surface area contributed by atoms with Gasteiger partial charge in [0, 0.05) is 12.4 Å². The average molecular weight is 304 g/mol. The van der Waals surface area contributed by atoms with Crippen LogP contribution in [-0.4, -0.2) is 35.8 Å². The third-order valence-electron chi connectivity index (χ3n) is 2.49. The van der Waals surface area contributed by atoms with Crippen molar-refractivity contribution in [3.05, 3.63) is 42.6 Å². The molecular weight excluding hydrogens is 292 g/mol. The van der Waals surface area contributed by atoms with Gasteiger partial charge in [-0.25, -0.2) is 28.5 Å². The van der Waals surface area contributed by atoms with Crippen LogP contribution in [0.1, 0.15) is 11.6 Å². The molecule has 1 unspecified atom stereocenters. The van der Waals surface area contributed by atoms with Gasteiger partial charge in [0.05, 0.1) is 29.7 Å². The maximum atomic E-state index is 11.3. The Labute approximate surface area is 121 Å². The molecule has 0 saturated carbocycles. The second kappa shape index (κ2) is 6.29. The Morgan fingerprint density at radius 1 is 1.29 bits per heavy atom. The van der Waals surface area contributed by atoms with Gasteiger partial charge in [0.15, 0.2) is 5.03 Å². The smallest absolute Gasteiger partial charge is 0.255 e. The number of nitrogens with zero attached hydrogens (tertiary/aromatic N) is 4. The van der Waals surface area contributed by atoms with Crippen LogP contribution in [0.25, 0.3) is 0 Å². The topological polar surface area (TPSA) is 135 Å². The minimum Gasteiger partial charge on any atom is -0.312 e. The van der Waals surface area contributed by atoms with E-state index in [2.05, 4.69) is 19.9 Å². The molecule has 2 aromatic heterocycles. The number of pyridine rings is 1. The quantitative estimate of drug-likeness (QED) is 0.782. The van der Waals surface area contributed by atoms with Crippen molar-refractivity contribution in [1.82, 2.24) is 15.0 Å². The van der Waals surface area contributed by atoms with Crippen LogP contribution in [0, 0.1) is 5.41 Å². The number of hydrogen-bond acceptors (Lipinski definition) is 7. The van der Waals surface area contributed by atoms with E-state index in [1.165, 1.54) is 37.1 Å². The maximum absolute atomic E-state index is 11.3. The van der Waals surface area contributed by atoms with E-state index in [0.717, 1.165) is 6.21 Å². The Hall–Kier alpha value is -2.52. The number of nitrogens with two attached hydrogens (primary N) is 1. The summed E-state index contributed by atoms with van der Waals surface area (Å²) in [5.41, 5.74) is 0.879. The minimum absolute atomic E-state index is 0.247. The summed E-state index contributed by atoms with van der Waals surface area (Å²) < 4.78 is 22.6. The summed E-state index contributed by atoms with van der Waals surface area (Å²) in [6.07, 6.45) is 6.96. The van der Waals surface area contributed by atoms with Gasteiger partial charge in [-0.15, -0.1) is 0 Å². The number of rotatable bonds is 5. The van der Waals surface area contributed by atoms with Gasteiger partial charge in [-0.3, -0.25) is 4.99 Å². The lowest BCUT2D eigenvalue weighted by Gasteiger charge is -2.06. The van der Waals surface area contributed by atoms with E-state index in [0.29, 0.717) is 11.4 Å². The summed E-state index contributed by atoms with van der Waals surface area (Å²) in [4.78, 5) is 15.7. The molecular formula is C12H12N6O2S. The van der Waals surface area contributed by atoms with Crippen LogP contribution in [-0.2, 0) is 10.0 Å². The highest BCUT2D eigenvalue weighted by molar-refractivity contribution is 7.89. The molecule has 0 amide bonds. The first-order chi connectivity index (χ1) is 10.0. The van der Waals surface area contributed by atoms with Gasteiger partial charge in [-0.2, -0.15) is 0 Å². The first kappa shape index (κ1) is 14.9. The molecule has 0 radical (unpaired) electrons. The van der Waals surface area contributed by atoms with Crippen LogP contribution in [0.2, 0.25) is 0 Å². The van der Waals surface area contributed by atoms with Crippen molar-refractivity contribution in [1.29, 1.82) is 5.41 Å². The fourth-order valence-electron chi connectivity index (χ4n) is 1.50. The number of primary sulfonamides is 1. The summed E-state index contributed by atoms with van der Waals surface area (Å²) in [5, 5.41) is 12.2. The molecule has 2 rings (SSSR count). The molecule has 1 atom stereocenters. The summed E-state index contributed by atoms with van der Waals surface area (Å²) in [7, 11) is -3.88. The van der Waals surface area contributed by atoms with Gasteiger partial charge in [-0.05, 0) is 12.1 Å². The van der Waals surface area contributed by atoms with Gasteiger partial charge in [0.2, 0.25) is 0 Å². The van der Waals surface area contributed by atoms with Gasteiger partial charge in [-0.1, -0.05) is 6.07 Å². The van der Waals surface area contributed by atoms with Crippen LogP contribution in [0.4, 0.5) is 5.69 Å². The molecule has 21 heavy (non-hydrogen) atoms. The first-order valence-electron chi connectivity index (χ1n) is 5.80. The molecule has 108 valence electrons. The highest BCUT2D eigenvalue weighted by atomic mass is 32.2. The largest absolute Gasteiger partial charge is 0.312 e. The average Bonchev–Trinajstić information content (AvgIpc) is 2.48. The van der Waals surface area contributed by atoms with Gasteiger partial charge >= 0.3 is 0 Å². The maximum Gasteiger partial charge on any atom is 0.255 e. The van der Waals surface area contributed by atoms with Crippen LogP contribution < -0.4 is 5.14 Å². The van der Waals surface area contributed by atoms with E-state index in [1.807, 2.05) is 0 Å². The Morgan fingerprint density at radius 3 is 2.62 bits per heavy atom. The number of aromatic nitrogens is 3. The van der Waals surface area contributed by atoms with Gasteiger partial charge < -0.3 is 5.41 Å². The Kier molecular flexibility index (Phi) is 4.45. The monoisotopic (exact) mass is 304 g/mol. The van der Waals surface area contributed by atoms with Crippen molar-refractivity contribution < 1.29 is 8.42 Å². The molecule has 2 heterocycles. The van der Waals surface area contributed by atoms with Crippen LogP contribution >= 0.6 is 0 Å². The molecule has 8 nitrogen and oxygen atoms in total. The molecule has 0 bridgehead atoms. The summed E-state index contributed by atoms with van der Waals surface area (Å²) in [5.74, 6) is -0.577. The van der Waals surface area contributed by atoms with E-state index < -0.39 is 15.9 Å². The first-order valence-corrected chi connectivity index (χ1v) is 7.35. The lowest BCUT2D eigenvalue weighted by atomic mass is 10.1. The third-order valence-corrected chi connectivity index (χ3v) is 3.30. The number of sulfonamides is 1. The zero-order valence-corrected chi connectivity index (χ0v) is 11.6. The molecule has 0 aliphatic carbocycles. The lowest BCUT2D eigenvalue weighted by Crippen LogP contribution is -2.15. The van der Waals surface area contributed by atoms with Crippen molar-refractivity contribution in [3.8, 4) is 0 Å². The van der Waals surface area contributed by atoms with Crippen molar-refractivity contribution in [2.75, 3.05) is 0 Å². The van der Waals surface area contributed by atoms with Crippen LogP contribution in [0.5, 0.6) is 0 Å². The molecule has 9 heteroatoms. The van der Waals surface area contributed by atoms with E-state index in [4.69, 9.17) is 10.5 Å². The lowest BCUT2D eigenvalue weighted by molar-refractivity contribution is 0.593. The van der Waals surface area contributed by atoms with Crippen molar-refractivity contribution in [2.24, 2.45) is 10.1 Å². The summed E-state index contributed by atoms with van der Waals surface area (Å²) in [6.45, 7) is 0. The van der Waals surface area contributed by atoms with Crippen molar-refractivity contribution >= 4 is 28.1 Å². The molecule has 0 fully saturated rings. The summed E-state index contributed by atoms with van der Waals surface area (Å²) in [6, 6.07) is 4.40. The van der Waals surface area contributed by atoms with Crippen LogP contribution in [0.3, 0.4) is 0 Å². The number of hydrogen-bond donors (Lipinski definition) is 2. The molecule has 2 aromatic rings. The number of nitrogens with one attached hydrogen (secondary N) is 1. The Bertz CT molecular complexity index is 760. The molecule has 0 aliphatic rings. The molecule has 0 saturated heterocycles. The standard InChI is InChI=1S/C12H12N6O2S/c13-4-9(5-17-10-6-15-8-16-7-10)11-2-1-3-12(18-11)21(14,19)20/h1-9,13H,(H2,14,19,20). The fraction of sp³-hybridized carbons (Fsp3) is 0.0833. The van der Waals surface area contributed by atoms with Gasteiger partial charge in [0.25, 0.3) is 10.0 Å². The molecule has 0 aromatic carbocycles. The predicted molar refractivity (Wildman–Crippen MR) is 77.3 cm³/mol. The number of aliphatic imine (C=N–C) groups is 1. The molecule has 3 N–H and O–H groups in total. The minimum atomic E-state index is -3.88. The van der Waals surface area contributed by atoms with E-state index in [9.17, 15) is 8.42 Å². The second-order valence-corrected chi connectivity index (χ2v) is 5.52. The Balaban J connectivity index is 2.30.